The van der Waals surface area contributed by atoms with Crippen LogP contribution < -0.4 is 0 Å². The monoisotopic (exact) mass is 433 g/mol. The molecule has 0 radical (unpaired) electrons. The number of likely N-dealkylation sites (tertiary alicyclic amines) is 1. The van der Waals surface area contributed by atoms with Gasteiger partial charge in [-0.15, -0.1) is 10.2 Å². The van der Waals surface area contributed by atoms with E-state index in [1.807, 2.05) is 23.1 Å². The quantitative estimate of drug-likeness (QED) is 0.635. The Kier molecular flexibility index (Phi) is 5.29. The fourth-order valence-corrected chi connectivity index (χ4v) is 5.21. The number of likely N-dealkylation sites (N-methyl/N-ethyl adjacent to an activating group) is 1. The highest BCUT2D eigenvalue weighted by Gasteiger charge is 2.44. The van der Waals surface area contributed by atoms with Crippen molar-refractivity contribution >= 4 is 5.91 Å². The summed E-state index contributed by atoms with van der Waals surface area (Å²) in [4.78, 5) is 17.3. The molecule has 1 saturated heterocycles. The zero-order chi connectivity index (χ0) is 22.3. The van der Waals surface area contributed by atoms with Crippen LogP contribution in [0.2, 0.25) is 0 Å². The Labute approximate surface area is 187 Å². The lowest BCUT2D eigenvalue weighted by molar-refractivity contribution is -0.133. The van der Waals surface area contributed by atoms with Gasteiger partial charge in [0.25, 0.3) is 0 Å². The van der Waals surface area contributed by atoms with Crippen LogP contribution in [0.1, 0.15) is 29.8 Å². The number of nitrogens with zero attached hydrogens (tertiary/aromatic N) is 5. The van der Waals surface area contributed by atoms with E-state index in [1.165, 1.54) is 12.1 Å². The Morgan fingerprint density at radius 2 is 1.78 bits per heavy atom. The molecule has 166 valence electrons. The van der Waals surface area contributed by atoms with Crippen molar-refractivity contribution in [2.75, 3.05) is 26.7 Å². The molecule has 7 heteroatoms. The minimum atomic E-state index is -0.262. The summed E-state index contributed by atoms with van der Waals surface area (Å²) in [6, 6.07) is 14.5. The molecule has 5 rings (SSSR count). The fraction of sp³-hybridized carbons (Fsp3) is 0.400. The molecule has 1 aromatic heterocycles. The van der Waals surface area contributed by atoms with Crippen LogP contribution in [0, 0.1) is 12.7 Å². The molecule has 6 nitrogen and oxygen atoms in total. The average Bonchev–Trinajstić information content (AvgIpc) is 3.21. The number of aromatic nitrogens is 3. The number of piperidine rings is 1. The standard InChI is InChI=1S/C25H28FN5O/c1-18-5-3-4-6-20(18)15-23(32)30-13-11-25(12-14-30)17-29(2)16-22-27-28-24(31(22)25)19-7-9-21(26)10-8-19/h3-10H,11-17H2,1-2H3. The van der Waals surface area contributed by atoms with E-state index in [9.17, 15) is 9.18 Å². The van der Waals surface area contributed by atoms with Gasteiger partial charge in [-0.05, 0) is 62.2 Å². The van der Waals surface area contributed by atoms with E-state index >= 15 is 0 Å². The molecule has 0 bridgehead atoms. The van der Waals surface area contributed by atoms with E-state index in [0.717, 1.165) is 54.3 Å². The van der Waals surface area contributed by atoms with Crippen LogP contribution in [0.3, 0.4) is 0 Å². The smallest absolute Gasteiger partial charge is 0.227 e. The van der Waals surface area contributed by atoms with Gasteiger partial charge >= 0.3 is 0 Å². The van der Waals surface area contributed by atoms with Gasteiger partial charge in [-0.25, -0.2) is 4.39 Å². The highest BCUT2D eigenvalue weighted by molar-refractivity contribution is 5.79. The first kappa shape index (κ1) is 20.8. The largest absolute Gasteiger partial charge is 0.342 e. The SMILES string of the molecule is Cc1ccccc1CC(=O)N1CCC2(CC1)CN(C)Cc1nnc(-c3ccc(F)cc3)n12. The Morgan fingerprint density at radius 1 is 1.06 bits per heavy atom. The number of amides is 1. The third-order valence-corrected chi connectivity index (χ3v) is 6.93. The molecule has 2 aromatic carbocycles. The summed E-state index contributed by atoms with van der Waals surface area (Å²) >= 11 is 0. The molecule has 1 amide bonds. The zero-order valence-electron chi connectivity index (χ0n) is 18.6. The molecule has 0 aliphatic carbocycles. The third kappa shape index (κ3) is 3.71. The molecule has 32 heavy (non-hydrogen) atoms. The van der Waals surface area contributed by atoms with Gasteiger partial charge in [0.2, 0.25) is 5.91 Å². The van der Waals surface area contributed by atoms with Crippen molar-refractivity contribution in [2.45, 2.75) is 38.3 Å². The summed E-state index contributed by atoms with van der Waals surface area (Å²) in [5.41, 5.74) is 2.94. The van der Waals surface area contributed by atoms with Gasteiger partial charge in [0.15, 0.2) is 5.82 Å². The molecule has 1 spiro atoms. The number of carbonyl (C=O) groups is 1. The maximum absolute atomic E-state index is 13.5. The van der Waals surface area contributed by atoms with Gasteiger partial charge in [-0.3, -0.25) is 9.69 Å². The summed E-state index contributed by atoms with van der Waals surface area (Å²) in [7, 11) is 2.10. The highest BCUT2D eigenvalue weighted by atomic mass is 19.1. The fourth-order valence-electron chi connectivity index (χ4n) is 5.21. The van der Waals surface area contributed by atoms with Gasteiger partial charge < -0.3 is 9.47 Å². The maximum Gasteiger partial charge on any atom is 0.227 e. The third-order valence-electron chi connectivity index (χ3n) is 6.93. The summed E-state index contributed by atoms with van der Waals surface area (Å²) in [6.07, 6.45) is 2.13. The average molecular weight is 434 g/mol. The molecule has 2 aliphatic heterocycles. The van der Waals surface area contributed by atoms with Gasteiger partial charge in [-0.2, -0.15) is 0 Å². The van der Waals surface area contributed by atoms with Crippen molar-refractivity contribution in [1.82, 2.24) is 24.6 Å². The topological polar surface area (TPSA) is 54.3 Å². The van der Waals surface area contributed by atoms with Crippen LogP contribution in [-0.2, 0) is 23.3 Å². The predicted molar refractivity (Wildman–Crippen MR) is 120 cm³/mol. The molecule has 3 heterocycles. The first-order valence-electron chi connectivity index (χ1n) is 11.2. The molecule has 3 aromatic rings. The number of hydrogen-bond donors (Lipinski definition) is 0. The van der Waals surface area contributed by atoms with Crippen molar-refractivity contribution in [3.05, 3.63) is 71.3 Å². The van der Waals surface area contributed by atoms with Crippen molar-refractivity contribution in [3.63, 3.8) is 0 Å². The van der Waals surface area contributed by atoms with Gasteiger partial charge in [0.1, 0.15) is 11.6 Å². The second-order valence-corrected chi connectivity index (χ2v) is 9.16. The summed E-state index contributed by atoms with van der Waals surface area (Å²) in [6.45, 7) is 5.08. The van der Waals surface area contributed by atoms with Gasteiger partial charge in [-0.1, -0.05) is 24.3 Å². The number of halogens is 1. The van der Waals surface area contributed by atoms with Crippen LogP contribution in [0.5, 0.6) is 0 Å². The summed E-state index contributed by atoms with van der Waals surface area (Å²) < 4.78 is 15.7. The predicted octanol–water partition coefficient (Wildman–Crippen LogP) is 3.40. The Balaban J connectivity index is 1.39. The number of hydrogen-bond acceptors (Lipinski definition) is 4. The maximum atomic E-state index is 13.5. The lowest BCUT2D eigenvalue weighted by atomic mass is 9.84. The van der Waals surface area contributed by atoms with Gasteiger partial charge in [0, 0.05) is 25.2 Å². The number of aryl methyl sites for hydroxylation is 1. The first-order valence-corrected chi connectivity index (χ1v) is 11.2. The van der Waals surface area contributed by atoms with Crippen LogP contribution in [0.25, 0.3) is 11.4 Å². The lowest BCUT2D eigenvalue weighted by Gasteiger charge is -2.48. The minimum Gasteiger partial charge on any atom is -0.342 e. The van der Waals surface area contributed by atoms with E-state index in [2.05, 4.69) is 39.7 Å². The second-order valence-electron chi connectivity index (χ2n) is 9.16. The molecular weight excluding hydrogens is 405 g/mol. The molecular formula is C25H28FN5O. The number of fused-ring (bicyclic) bond motifs is 2. The molecule has 0 unspecified atom stereocenters. The number of rotatable bonds is 3. The van der Waals surface area contributed by atoms with E-state index in [4.69, 9.17) is 0 Å². The van der Waals surface area contributed by atoms with Gasteiger partial charge in [0.05, 0.1) is 18.5 Å². The van der Waals surface area contributed by atoms with Crippen LogP contribution >= 0.6 is 0 Å². The van der Waals surface area contributed by atoms with Crippen LogP contribution in [0.4, 0.5) is 4.39 Å². The second kappa shape index (κ2) is 8.13. The molecule has 2 aliphatic rings. The van der Waals surface area contributed by atoms with E-state index in [1.54, 1.807) is 12.1 Å². The van der Waals surface area contributed by atoms with Crippen LogP contribution in [-0.4, -0.2) is 57.2 Å². The Bertz CT molecular complexity index is 1130. The molecule has 0 N–H and O–H groups in total. The molecule has 0 saturated carbocycles. The van der Waals surface area contributed by atoms with E-state index in [-0.39, 0.29) is 17.3 Å². The van der Waals surface area contributed by atoms with Crippen LogP contribution in [0.15, 0.2) is 48.5 Å². The Morgan fingerprint density at radius 3 is 2.50 bits per heavy atom. The van der Waals surface area contributed by atoms with Crippen molar-refractivity contribution in [2.24, 2.45) is 0 Å². The van der Waals surface area contributed by atoms with Crippen molar-refractivity contribution in [3.8, 4) is 11.4 Å². The summed E-state index contributed by atoms with van der Waals surface area (Å²) in [5, 5.41) is 8.96. The number of benzene rings is 2. The lowest BCUT2D eigenvalue weighted by Crippen LogP contribution is -2.56. The highest BCUT2D eigenvalue weighted by Crippen LogP contribution is 2.39. The zero-order valence-corrected chi connectivity index (χ0v) is 18.6. The van der Waals surface area contributed by atoms with E-state index in [0.29, 0.717) is 19.5 Å². The van der Waals surface area contributed by atoms with E-state index < -0.39 is 0 Å². The minimum absolute atomic E-state index is 0.172. The summed E-state index contributed by atoms with van der Waals surface area (Å²) in [5.74, 6) is 1.63. The van der Waals surface area contributed by atoms with Crippen molar-refractivity contribution in [1.29, 1.82) is 0 Å². The number of carbonyl (C=O) groups excluding carboxylic acids is 1. The molecule has 0 atom stereocenters. The first-order chi connectivity index (χ1) is 15.4. The normalized spacial score (nSPS) is 18.0. The Hall–Kier alpha value is -3.06. The molecule has 1 fully saturated rings. The van der Waals surface area contributed by atoms with Crippen molar-refractivity contribution < 1.29 is 9.18 Å².